The number of fused-ring (bicyclic) bond motifs is 1. The molecule has 0 fully saturated rings. The zero-order valence-corrected chi connectivity index (χ0v) is 22.7. The first kappa shape index (κ1) is 28.5. The molecule has 2 aromatic heterocycles. The third kappa shape index (κ3) is 7.13. The maximum absolute atomic E-state index is 15.5. The molecule has 4 aromatic rings. The van der Waals surface area contributed by atoms with Crippen molar-refractivity contribution in [3.8, 4) is 16.9 Å². The van der Waals surface area contributed by atoms with Gasteiger partial charge < -0.3 is 23.9 Å². The molecule has 1 amide bonds. The van der Waals surface area contributed by atoms with Crippen molar-refractivity contribution in [2.24, 2.45) is 0 Å². The summed E-state index contributed by atoms with van der Waals surface area (Å²) < 4.78 is 51.0. The summed E-state index contributed by atoms with van der Waals surface area (Å²) >= 11 is 0. The number of benzene rings is 2. The van der Waals surface area contributed by atoms with Crippen LogP contribution in [0.25, 0.3) is 22.1 Å². The topological polar surface area (TPSA) is 99.9 Å². The molecule has 210 valence electrons. The lowest BCUT2D eigenvalue weighted by Gasteiger charge is -2.19. The van der Waals surface area contributed by atoms with Crippen LogP contribution in [0.3, 0.4) is 0 Å². The van der Waals surface area contributed by atoms with Gasteiger partial charge in [-0.05, 0) is 75.7 Å². The summed E-state index contributed by atoms with van der Waals surface area (Å²) in [6, 6.07) is 10.4. The molecule has 0 saturated heterocycles. The Bertz CT molecular complexity index is 1530. The number of nitrogens with one attached hydrogen (secondary N) is 1. The molecule has 40 heavy (non-hydrogen) atoms. The number of hydrogen-bond acceptors (Lipinski definition) is 7. The van der Waals surface area contributed by atoms with Gasteiger partial charge >= 0.3 is 12.1 Å². The van der Waals surface area contributed by atoms with E-state index in [0.29, 0.717) is 28.0 Å². The molecule has 0 bridgehead atoms. The van der Waals surface area contributed by atoms with Crippen LogP contribution in [0.1, 0.15) is 44.5 Å². The Labute approximate surface area is 230 Å². The molecule has 0 radical (unpaired) electrons. The van der Waals surface area contributed by atoms with Crippen molar-refractivity contribution in [2.75, 3.05) is 6.61 Å². The van der Waals surface area contributed by atoms with Gasteiger partial charge in [-0.15, -0.1) is 0 Å². The standard InChI is InChI=1S/C30H30F2N2O6/c1-5-37-26(35)15-19-12-21(31)6-7-25(19)39-17-20-14-24(28-23(27(20)32)9-11-38-28)18-8-10-33-22(13-18)16-34-29(36)40-30(2,3)4/h6-14H,5,15-17H2,1-4H3,(H,34,36). The number of pyridine rings is 1. The number of amides is 1. The molecule has 10 heteroatoms. The van der Waals surface area contributed by atoms with Crippen molar-refractivity contribution < 1.29 is 37.0 Å². The van der Waals surface area contributed by atoms with Gasteiger partial charge in [0.25, 0.3) is 0 Å². The number of nitrogens with zero attached hydrogens (tertiary/aromatic N) is 1. The molecule has 0 aliphatic carbocycles. The number of halogens is 2. The normalized spacial score (nSPS) is 11.3. The molecule has 0 spiro atoms. The zero-order valence-electron chi connectivity index (χ0n) is 22.7. The summed E-state index contributed by atoms with van der Waals surface area (Å²) in [4.78, 5) is 28.3. The molecule has 2 aromatic carbocycles. The second kappa shape index (κ2) is 12.1. The lowest BCUT2D eigenvalue weighted by molar-refractivity contribution is -0.142. The number of furan rings is 1. The van der Waals surface area contributed by atoms with Crippen molar-refractivity contribution >= 4 is 23.0 Å². The maximum Gasteiger partial charge on any atom is 0.407 e. The summed E-state index contributed by atoms with van der Waals surface area (Å²) in [5, 5.41) is 2.93. The predicted octanol–water partition coefficient (Wildman–Crippen LogP) is 6.48. The van der Waals surface area contributed by atoms with Crippen LogP contribution in [0, 0.1) is 11.6 Å². The molecule has 2 heterocycles. The van der Waals surface area contributed by atoms with Crippen LogP contribution in [0.2, 0.25) is 0 Å². The molecular formula is C30H30F2N2O6. The number of ether oxygens (including phenoxy) is 3. The van der Waals surface area contributed by atoms with E-state index in [1.807, 2.05) is 0 Å². The highest BCUT2D eigenvalue weighted by molar-refractivity contribution is 5.93. The van der Waals surface area contributed by atoms with Gasteiger partial charge in [0.1, 0.15) is 35.2 Å². The third-order valence-corrected chi connectivity index (χ3v) is 5.73. The average molecular weight is 553 g/mol. The zero-order chi connectivity index (χ0) is 28.9. The highest BCUT2D eigenvalue weighted by atomic mass is 19.1. The van der Waals surface area contributed by atoms with Crippen LogP contribution in [0.15, 0.2) is 59.3 Å². The number of rotatable bonds is 9. The van der Waals surface area contributed by atoms with Crippen LogP contribution in [0.5, 0.6) is 5.75 Å². The highest BCUT2D eigenvalue weighted by Gasteiger charge is 2.19. The first-order valence-electron chi connectivity index (χ1n) is 12.7. The van der Waals surface area contributed by atoms with Crippen molar-refractivity contribution in [1.82, 2.24) is 10.3 Å². The Balaban J connectivity index is 1.59. The van der Waals surface area contributed by atoms with Gasteiger partial charge in [-0.2, -0.15) is 0 Å². The van der Waals surface area contributed by atoms with Gasteiger partial charge in [-0.25, -0.2) is 13.6 Å². The fourth-order valence-electron chi connectivity index (χ4n) is 4.06. The number of hydrogen-bond donors (Lipinski definition) is 1. The molecule has 4 rings (SSSR count). The number of esters is 1. The van der Waals surface area contributed by atoms with Gasteiger partial charge in [-0.3, -0.25) is 9.78 Å². The summed E-state index contributed by atoms with van der Waals surface area (Å²) in [7, 11) is 0. The quantitative estimate of drug-likeness (QED) is 0.237. The monoisotopic (exact) mass is 552 g/mol. The van der Waals surface area contributed by atoms with Crippen molar-refractivity contribution in [3.05, 3.63) is 83.4 Å². The van der Waals surface area contributed by atoms with E-state index in [1.165, 1.54) is 30.5 Å². The third-order valence-electron chi connectivity index (χ3n) is 5.73. The van der Waals surface area contributed by atoms with E-state index < -0.39 is 29.3 Å². The van der Waals surface area contributed by atoms with Gasteiger partial charge in [0.15, 0.2) is 0 Å². The molecule has 0 atom stereocenters. The summed E-state index contributed by atoms with van der Waals surface area (Å²) in [5.74, 6) is -1.35. The van der Waals surface area contributed by atoms with E-state index in [1.54, 1.807) is 52.1 Å². The van der Waals surface area contributed by atoms with E-state index >= 15 is 4.39 Å². The van der Waals surface area contributed by atoms with Gasteiger partial charge in [-0.1, -0.05) is 0 Å². The fraction of sp³-hybridized carbons (Fsp3) is 0.300. The van der Waals surface area contributed by atoms with E-state index in [-0.39, 0.29) is 42.9 Å². The Hall–Kier alpha value is -4.47. The molecule has 0 unspecified atom stereocenters. The van der Waals surface area contributed by atoms with E-state index in [9.17, 15) is 14.0 Å². The van der Waals surface area contributed by atoms with Crippen LogP contribution < -0.4 is 10.1 Å². The largest absolute Gasteiger partial charge is 0.488 e. The second-order valence-electron chi connectivity index (χ2n) is 9.97. The molecule has 8 nitrogen and oxygen atoms in total. The van der Waals surface area contributed by atoms with Crippen molar-refractivity contribution in [2.45, 2.75) is 52.9 Å². The van der Waals surface area contributed by atoms with E-state index in [4.69, 9.17) is 18.6 Å². The smallest absolute Gasteiger partial charge is 0.407 e. The summed E-state index contributed by atoms with van der Waals surface area (Å²) in [6.07, 6.45) is 2.21. The van der Waals surface area contributed by atoms with Gasteiger partial charge in [0, 0.05) is 22.9 Å². The SMILES string of the molecule is CCOC(=O)Cc1cc(F)ccc1OCc1cc(-c2ccnc(CNC(=O)OC(C)(C)C)c2)c2occc2c1F. The van der Waals surface area contributed by atoms with Crippen LogP contribution in [-0.2, 0) is 33.8 Å². The number of carbonyl (C=O) groups is 2. The number of carbonyl (C=O) groups excluding carboxylic acids is 2. The minimum Gasteiger partial charge on any atom is -0.488 e. The minimum atomic E-state index is -0.635. The molecular weight excluding hydrogens is 522 g/mol. The molecule has 0 aliphatic heterocycles. The first-order chi connectivity index (χ1) is 19.0. The Morgan fingerprint density at radius 2 is 1.85 bits per heavy atom. The lowest BCUT2D eigenvalue weighted by atomic mass is 10.00. The first-order valence-corrected chi connectivity index (χ1v) is 12.7. The highest BCUT2D eigenvalue weighted by Crippen LogP contribution is 2.34. The summed E-state index contributed by atoms with van der Waals surface area (Å²) in [5.41, 5.74) is 2.04. The molecule has 0 aliphatic rings. The number of aromatic nitrogens is 1. The van der Waals surface area contributed by atoms with Gasteiger partial charge in [0.2, 0.25) is 0 Å². The van der Waals surface area contributed by atoms with Crippen LogP contribution in [0.4, 0.5) is 13.6 Å². The average Bonchev–Trinajstić information content (AvgIpc) is 3.38. The Morgan fingerprint density at radius 3 is 2.60 bits per heavy atom. The maximum atomic E-state index is 15.5. The van der Waals surface area contributed by atoms with Crippen LogP contribution in [-0.4, -0.2) is 29.3 Å². The Kier molecular flexibility index (Phi) is 8.67. The van der Waals surface area contributed by atoms with E-state index in [0.717, 1.165) is 0 Å². The van der Waals surface area contributed by atoms with Crippen molar-refractivity contribution in [3.63, 3.8) is 0 Å². The van der Waals surface area contributed by atoms with E-state index in [2.05, 4.69) is 10.3 Å². The Morgan fingerprint density at radius 1 is 1.05 bits per heavy atom. The molecule has 0 saturated carbocycles. The predicted molar refractivity (Wildman–Crippen MR) is 144 cm³/mol. The molecule has 1 N–H and O–H groups in total. The fourth-order valence-corrected chi connectivity index (χ4v) is 4.06. The van der Waals surface area contributed by atoms with Crippen LogP contribution >= 0.6 is 0 Å². The second-order valence-corrected chi connectivity index (χ2v) is 9.97. The van der Waals surface area contributed by atoms with Crippen molar-refractivity contribution in [1.29, 1.82) is 0 Å². The number of alkyl carbamates (subject to hydrolysis) is 1. The minimum absolute atomic E-state index is 0.120. The van der Waals surface area contributed by atoms with Gasteiger partial charge in [0.05, 0.1) is 36.9 Å². The lowest BCUT2D eigenvalue weighted by Crippen LogP contribution is -2.32. The summed E-state index contributed by atoms with van der Waals surface area (Å²) in [6.45, 7) is 7.11.